The highest BCUT2D eigenvalue weighted by Gasteiger charge is 2.25. The molecule has 4 nitrogen and oxygen atoms in total. The Hall–Kier alpha value is -0.980. The number of benzene rings is 1. The van der Waals surface area contributed by atoms with Gasteiger partial charge in [0, 0.05) is 6.54 Å². The lowest BCUT2D eigenvalue weighted by molar-refractivity contribution is 0.257. The van der Waals surface area contributed by atoms with E-state index in [1.54, 1.807) is 0 Å². The van der Waals surface area contributed by atoms with Crippen LogP contribution >= 0.6 is 0 Å². The van der Waals surface area contributed by atoms with Gasteiger partial charge >= 0.3 is 0 Å². The van der Waals surface area contributed by atoms with Crippen LogP contribution in [0.25, 0.3) is 0 Å². The first kappa shape index (κ1) is 16.4. The minimum Gasteiger partial charge on any atom is -0.392 e. The second kappa shape index (κ2) is 6.85. The normalized spacial score (nSPS) is 23.2. The van der Waals surface area contributed by atoms with Crippen molar-refractivity contribution in [1.29, 1.82) is 0 Å². The lowest BCUT2D eigenvalue weighted by atomic mass is 9.81. The fraction of sp³-hybridized carbons (Fsp3) is 0.600. The first-order chi connectivity index (χ1) is 9.94. The molecule has 1 aromatic rings. The lowest BCUT2D eigenvalue weighted by Gasteiger charge is -2.28. The summed E-state index contributed by atoms with van der Waals surface area (Å²) in [6.45, 7) is 2.17. The molecule has 0 aromatic heterocycles. The smallest absolute Gasteiger partial charge is 0.243 e. The monoisotopic (exact) mass is 315 g/mol. The molecule has 2 unspecified atom stereocenters. The van der Waals surface area contributed by atoms with E-state index in [2.05, 4.69) is 11.6 Å². The Kier molecular flexibility index (Phi) is 5.35. The largest absolute Gasteiger partial charge is 0.392 e. The minimum atomic E-state index is -3.85. The summed E-state index contributed by atoms with van der Waals surface area (Å²) in [5.41, 5.74) is 0.354. The van der Waals surface area contributed by atoms with Gasteiger partial charge in [-0.25, -0.2) is 17.5 Å². The van der Waals surface area contributed by atoms with E-state index < -0.39 is 15.8 Å². The Morgan fingerprint density at radius 1 is 1.33 bits per heavy atom. The molecule has 0 aliphatic heterocycles. The van der Waals surface area contributed by atoms with Gasteiger partial charge in [0.1, 0.15) is 10.7 Å². The molecule has 0 radical (unpaired) electrons. The Labute approximate surface area is 125 Å². The standard InChI is InChI=1S/C15H22FNO3S/c1-11-4-2-3-5-13(11)9-17-21(19,20)15-7-6-12(10-18)8-14(15)16/h6-8,11,13,17-18H,2-5,9-10H2,1H3. The van der Waals surface area contributed by atoms with E-state index >= 15 is 0 Å². The van der Waals surface area contributed by atoms with Crippen molar-refractivity contribution < 1.29 is 17.9 Å². The van der Waals surface area contributed by atoms with Crippen LogP contribution < -0.4 is 4.72 Å². The molecule has 0 bridgehead atoms. The number of aliphatic hydroxyl groups excluding tert-OH is 1. The molecule has 0 saturated heterocycles. The van der Waals surface area contributed by atoms with Crippen LogP contribution in [-0.4, -0.2) is 20.1 Å². The number of hydrogen-bond acceptors (Lipinski definition) is 3. The zero-order chi connectivity index (χ0) is 15.5. The van der Waals surface area contributed by atoms with E-state index in [-0.39, 0.29) is 11.5 Å². The summed E-state index contributed by atoms with van der Waals surface area (Å²) in [6.07, 6.45) is 4.44. The predicted octanol–water partition coefficient (Wildman–Crippen LogP) is 2.42. The van der Waals surface area contributed by atoms with Crippen LogP contribution in [0.15, 0.2) is 23.1 Å². The van der Waals surface area contributed by atoms with Crippen molar-refractivity contribution in [3.8, 4) is 0 Å². The first-order valence-corrected chi connectivity index (χ1v) is 8.81. The van der Waals surface area contributed by atoms with Crippen LogP contribution in [0.2, 0.25) is 0 Å². The summed E-state index contributed by atoms with van der Waals surface area (Å²) >= 11 is 0. The minimum absolute atomic E-state index is 0.313. The van der Waals surface area contributed by atoms with Crippen molar-refractivity contribution in [1.82, 2.24) is 4.72 Å². The molecule has 2 atom stereocenters. The number of halogens is 1. The van der Waals surface area contributed by atoms with Gasteiger partial charge in [0.25, 0.3) is 0 Å². The molecule has 1 aliphatic rings. The summed E-state index contributed by atoms with van der Waals surface area (Å²) in [7, 11) is -3.85. The third-order valence-corrected chi connectivity index (χ3v) is 5.75. The maximum Gasteiger partial charge on any atom is 0.243 e. The van der Waals surface area contributed by atoms with Gasteiger partial charge in [0.15, 0.2) is 0 Å². The Morgan fingerprint density at radius 2 is 2.05 bits per heavy atom. The third kappa shape index (κ3) is 4.02. The topological polar surface area (TPSA) is 66.4 Å². The molecule has 0 spiro atoms. The predicted molar refractivity (Wildman–Crippen MR) is 78.6 cm³/mol. The van der Waals surface area contributed by atoms with Gasteiger partial charge in [-0.05, 0) is 36.0 Å². The molecule has 6 heteroatoms. The molecule has 21 heavy (non-hydrogen) atoms. The lowest BCUT2D eigenvalue weighted by Crippen LogP contribution is -2.33. The quantitative estimate of drug-likeness (QED) is 0.877. The van der Waals surface area contributed by atoms with E-state index in [4.69, 9.17) is 5.11 Å². The van der Waals surface area contributed by atoms with E-state index in [0.29, 0.717) is 23.9 Å². The zero-order valence-corrected chi connectivity index (χ0v) is 13.0. The van der Waals surface area contributed by atoms with Crippen LogP contribution in [0.1, 0.15) is 38.2 Å². The second-order valence-corrected chi connectivity index (χ2v) is 7.53. The average Bonchev–Trinajstić information content (AvgIpc) is 2.46. The van der Waals surface area contributed by atoms with Crippen LogP contribution in [0.3, 0.4) is 0 Å². The maximum absolute atomic E-state index is 13.8. The highest BCUT2D eigenvalue weighted by Crippen LogP contribution is 2.29. The number of aliphatic hydroxyl groups is 1. The van der Waals surface area contributed by atoms with Crippen molar-refractivity contribution in [3.05, 3.63) is 29.6 Å². The van der Waals surface area contributed by atoms with E-state index in [1.807, 2.05) is 0 Å². The second-order valence-electron chi connectivity index (χ2n) is 5.80. The van der Waals surface area contributed by atoms with Crippen molar-refractivity contribution in [2.75, 3.05) is 6.54 Å². The molecule has 1 fully saturated rings. The van der Waals surface area contributed by atoms with Crippen LogP contribution in [0.4, 0.5) is 4.39 Å². The van der Waals surface area contributed by atoms with E-state index in [9.17, 15) is 12.8 Å². The van der Waals surface area contributed by atoms with Crippen molar-refractivity contribution in [2.45, 2.75) is 44.1 Å². The molecule has 0 heterocycles. The van der Waals surface area contributed by atoms with Gasteiger partial charge in [-0.15, -0.1) is 0 Å². The highest BCUT2D eigenvalue weighted by atomic mass is 32.2. The summed E-state index contributed by atoms with van der Waals surface area (Å²) < 4.78 is 40.7. The molecule has 1 saturated carbocycles. The summed E-state index contributed by atoms with van der Waals surface area (Å²) in [4.78, 5) is -0.358. The Balaban J connectivity index is 2.07. The molecule has 2 N–H and O–H groups in total. The van der Waals surface area contributed by atoms with Gasteiger partial charge < -0.3 is 5.11 Å². The van der Waals surface area contributed by atoms with Crippen LogP contribution in [0, 0.1) is 17.7 Å². The molecule has 1 aromatic carbocycles. The zero-order valence-electron chi connectivity index (χ0n) is 12.2. The van der Waals surface area contributed by atoms with E-state index in [1.165, 1.54) is 18.6 Å². The SMILES string of the molecule is CC1CCCCC1CNS(=O)(=O)c1ccc(CO)cc1F. The van der Waals surface area contributed by atoms with Gasteiger partial charge in [-0.3, -0.25) is 0 Å². The van der Waals surface area contributed by atoms with Crippen molar-refractivity contribution in [2.24, 2.45) is 11.8 Å². The van der Waals surface area contributed by atoms with Gasteiger partial charge in [0.2, 0.25) is 10.0 Å². The van der Waals surface area contributed by atoms with Crippen molar-refractivity contribution in [3.63, 3.8) is 0 Å². The van der Waals surface area contributed by atoms with Crippen LogP contribution in [0.5, 0.6) is 0 Å². The first-order valence-electron chi connectivity index (χ1n) is 7.33. The Bertz CT molecular complexity index is 589. The third-order valence-electron chi connectivity index (χ3n) is 4.29. The van der Waals surface area contributed by atoms with Gasteiger partial charge in [-0.2, -0.15) is 0 Å². The fourth-order valence-corrected chi connectivity index (χ4v) is 4.00. The average molecular weight is 315 g/mol. The fourth-order valence-electron chi connectivity index (χ4n) is 2.85. The molecular weight excluding hydrogens is 293 g/mol. The number of sulfonamides is 1. The van der Waals surface area contributed by atoms with Gasteiger partial charge in [0.05, 0.1) is 6.61 Å². The van der Waals surface area contributed by atoms with Gasteiger partial charge in [-0.1, -0.05) is 32.3 Å². The molecule has 0 amide bonds. The number of hydrogen-bond donors (Lipinski definition) is 2. The molecular formula is C15H22FNO3S. The van der Waals surface area contributed by atoms with Crippen molar-refractivity contribution >= 4 is 10.0 Å². The number of nitrogens with one attached hydrogen (secondary N) is 1. The summed E-state index contributed by atoms with van der Waals surface area (Å²) in [6, 6.07) is 3.67. The molecule has 118 valence electrons. The summed E-state index contributed by atoms with van der Waals surface area (Å²) in [5, 5.41) is 8.93. The molecule has 1 aliphatic carbocycles. The highest BCUT2D eigenvalue weighted by molar-refractivity contribution is 7.89. The maximum atomic E-state index is 13.8. The number of rotatable bonds is 5. The summed E-state index contributed by atoms with van der Waals surface area (Å²) in [5.74, 6) is -0.0258. The van der Waals surface area contributed by atoms with Crippen LogP contribution in [-0.2, 0) is 16.6 Å². The van der Waals surface area contributed by atoms with E-state index in [0.717, 1.165) is 25.3 Å². The molecule has 2 rings (SSSR count). The Morgan fingerprint density at radius 3 is 2.67 bits per heavy atom.